The maximum atomic E-state index is 11.8. The summed E-state index contributed by atoms with van der Waals surface area (Å²) in [6.45, 7) is 1.64. The summed E-state index contributed by atoms with van der Waals surface area (Å²) >= 11 is 0. The molecule has 0 aromatic carbocycles. The van der Waals surface area contributed by atoms with Gasteiger partial charge in [0.1, 0.15) is 5.54 Å². The van der Waals surface area contributed by atoms with Gasteiger partial charge in [-0.1, -0.05) is 11.6 Å². The van der Waals surface area contributed by atoms with Crippen molar-refractivity contribution in [2.75, 3.05) is 19.8 Å². The second-order valence-corrected chi connectivity index (χ2v) is 4.72. The lowest BCUT2D eigenvalue weighted by atomic mass is 9.99. The minimum absolute atomic E-state index is 0.0661. The van der Waals surface area contributed by atoms with Crippen LogP contribution in [0.25, 0.3) is 0 Å². The molecular formula is C12H20N2O2. The second kappa shape index (κ2) is 4.97. The summed E-state index contributed by atoms with van der Waals surface area (Å²) in [6, 6.07) is 0. The van der Waals surface area contributed by atoms with E-state index in [1.54, 1.807) is 0 Å². The number of ether oxygens (including phenoxy) is 1. The molecule has 0 saturated carbocycles. The number of hydrogen-bond acceptors (Lipinski definition) is 3. The summed E-state index contributed by atoms with van der Waals surface area (Å²) in [4.78, 5) is 11.8. The quantitative estimate of drug-likeness (QED) is 0.692. The Labute approximate surface area is 96.2 Å². The van der Waals surface area contributed by atoms with Crippen LogP contribution in [0.15, 0.2) is 11.6 Å². The number of hydrogen-bond donors (Lipinski definition) is 2. The van der Waals surface area contributed by atoms with E-state index in [9.17, 15) is 4.79 Å². The van der Waals surface area contributed by atoms with Crippen molar-refractivity contribution in [2.45, 2.75) is 37.6 Å². The van der Waals surface area contributed by atoms with Crippen molar-refractivity contribution in [2.24, 2.45) is 5.73 Å². The van der Waals surface area contributed by atoms with Gasteiger partial charge in [-0.05, 0) is 32.1 Å². The first-order valence-corrected chi connectivity index (χ1v) is 6.03. The molecule has 1 heterocycles. The van der Waals surface area contributed by atoms with Crippen LogP contribution >= 0.6 is 0 Å². The summed E-state index contributed by atoms with van der Waals surface area (Å²) in [5, 5.41) is 2.91. The normalized spacial score (nSPS) is 29.2. The van der Waals surface area contributed by atoms with E-state index in [0.29, 0.717) is 26.2 Å². The molecule has 2 aliphatic rings. The third-order valence-electron chi connectivity index (χ3n) is 3.37. The van der Waals surface area contributed by atoms with Crippen LogP contribution in [0.3, 0.4) is 0 Å². The average molecular weight is 224 g/mol. The van der Waals surface area contributed by atoms with Crippen LogP contribution in [0.5, 0.6) is 0 Å². The topological polar surface area (TPSA) is 64.4 Å². The van der Waals surface area contributed by atoms with Crippen molar-refractivity contribution in [1.29, 1.82) is 0 Å². The molecule has 1 aliphatic carbocycles. The van der Waals surface area contributed by atoms with Gasteiger partial charge in [-0.15, -0.1) is 0 Å². The fourth-order valence-electron chi connectivity index (χ4n) is 2.24. The first-order valence-electron chi connectivity index (χ1n) is 6.03. The van der Waals surface area contributed by atoms with Gasteiger partial charge in [0.2, 0.25) is 5.91 Å². The van der Waals surface area contributed by atoms with Crippen LogP contribution in [-0.4, -0.2) is 31.2 Å². The molecule has 1 unspecified atom stereocenters. The van der Waals surface area contributed by atoms with Crippen LogP contribution in [0.4, 0.5) is 0 Å². The van der Waals surface area contributed by atoms with Crippen LogP contribution in [0.2, 0.25) is 0 Å². The highest BCUT2D eigenvalue weighted by atomic mass is 16.5. The van der Waals surface area contributed by atoms with Gasteiger partial charge in [-0.3, -0.25) is 4.79 Å². The Kier molecular flexibility index (Phi) is 3.61. The number of carbonyl (C=O) groups excluding carboxylic acids is 1. The molecule has 1 fully saturated rings. The van der Waals surface area contributed by atoms with E-state index < -0.39 is 5.54 Å². The summed E-state index contributed by atoms with van der Waals surface area (Å²) in [5.41, 5.74) is 6.62. The first-order chi connectivity index (χ1) is 7.71. The zero-order chi connectivity index (χ0) is 11.4. The largest absolute Gasteiger partial charge is 0.379 e. The number of allylic oxidation sites excluding steroid dienone is 1. The highest BCUT2D eigenvalue weighted by Gasteiger charge is 2.37. The van der Waals surface area contributed by atoms with E-state index in [0.717, 1.165) is 6.42 Å². The molecule has 0 radical (unpaired) electrons. The van der Waals surface area contributed by atoms with Crippen LogP contribution in [0, 0.1) is 0 Å². The van der Waals surface area contributed by atoms with Gasteiger partial charge in [-0.2, -0.15) is 0 Å². The molecule has 0 bridgehead atoms. The third-order valence-corrected chi connectivity index (χ3v) is 3.37. The second-order valence-electron chi connectivity index (χ2n) is 4.72. The number of carbonyl (C=O) groups is 1. The Hall–Kier alpha value is -0.870. The molecule has 1 aliphatic heterocycles. The van der Waals surface area contributed by atoms with E-state index >= 15 is 0 Å². The minimum atomic E-state index is -0.788. The number of amides is 1. The summed E-state index contributed by atoms with van der Waals surface area (Å²) in [7, 11) is 0. The first kappa shape index (κ1) is 11.6. The molecule has 3 N–H and O–H groups in total. The van der Waals surface area contributed by atoms with Gasteiger partial charge in [0.15, 0.2) is 0 Å². The minimum Gasteiger partial charge on any atom is -0.379 e. The molecule has 16 heavy (non-hydrogen) atoms. The van der Waals surface area contributed by atoms with Crippen molar-refractivity contribution in [1.82, 2.24) is 5.32 Å². The summed E-state index contributed by atoms with van der Waals surface area (Å²) in [6.07, 6.45) is 7.51. The Morgan fingerprint density at radius 1 is 1.62 bits per heavy atom. The van der Waals surface area contributed by atoms with Gasteiger partial charge in [0.25, 0.3) is 0 Å². The molecule has 0 aromatic rings. The Balaban J connectivity index is 1.71. The fraction of sp³-hybridized carbons (Fsp3) is 0.750. The maximum absolute atomic E-state index is 11.8. The summed E-state index contributed by atoms with van der Waals surface area (Å²) < 4.78 is 5.16. The van der Waals surface area contributed by atoms with Crippen LogP contribution in [-0.2, 0) is 9.53 Å². The van der Waals surface area contributed by atoms with Gasteiger partial charge in [0.05, 0.1) is 6.61 Å². The van der Waals surface area contributed by atoms with Gasteiger partial charge >= 0.3 is 0 Å². The number of nitrogens with one attached hydrogen (secondary N) is 1. The van der Waals surface area contributed by atoms with E-state index in [1.165, 1.54) is 24.8 Å². The average Bonchev–Trinajstić information content (AvgIpc) is 2.90. The predicted molar refractivity (Wildman–Crippen MR) is 61.9 cm³/mol. The van der Waals surface area contributed by atoms with Gasteiger partial charge < -0.3 is 15.8 Å². The lowest BCUT2D eigenvalue weighted by Crippen LogP contribution is -2.54. The molecule has 1 saturated heterocycles. The van der Waals surface area contributed by atoms with Gasteiger partial charge in [0, 0.05) is 13.2 Å². The summed E-state index contributed by atoms with van der Waals surface area (Å²) in [5.74, 6) is -0.0661. The lowest BCUT2D eigenvalue weighted by Gasteiger charge is -2.20. The van der Waals surface area contributed by atoms with Crippen molar-refractivity contribution in [3.05, 3.63) is 11.6 Å². The monoisotopic (exact) mass is 224 g/mol. The molecule has 0 spiro atoms. The van der Waals surface area contributed by atoms with E-state index in [1.807, 2.05) is 0 Å². The van der Waals surface area contributed by atoms with E-state index in [2.05, 4.69) is 11.4 Å². The van der Waals surface area contributed by atoms with E-state index in [4.69, 9.17) is 10.5 Å². The molecule has 4 heteroatoms. The zero-order valence-electron chi connectivity index (χ0n) is 9.63. The highest BCUT2D eigenvalue weighted by Crippen LogP contribution is 2.20. The molecule has 90 valence electrons. The third kappa shape index (κ3) is 2.62. The molecule has 4 nitrogen and oxygen atoms in total. The smallest absolute Gasteiger partial charge is 0.242 e. The van der Waals surface area contributed by atoms with E-state index in [-0.39, 0.29) is 5.91 Å². The highest BCUT2D eigenvalue weighted by molar-refractivity contribution is 5.86. The maximum Gasteiger partial charge on any atom is 0.242 e. The lowest BCUT2D eigenvalue weighted by molar-refractivity contribution is -0.126. The van der Waals surface area contributed by atoms with Crippen LogP contribution < -0.4 is 11.1 Å². The predicted octanol–water partition coefficient (Wildman–Crippen LogP) is 0.721. The Bertz CT molecular complexity index is 293. The van der Waals surface area contributed by atoms with Gasteiger partial charge in [-0.25, -0.2) is 0 Å². The van der Waals surface area contributed by atoms with Crippen molar-refractivity contribution in [3.63, 3.8) is 0 Å². The molecule has 1 atom stereocenters. The van der Waals surface area contributed by atoms with Crippen LogP contribution in [0.1, 0.15) is 32.1 Å². The standard InChI is InChI=1S/C12H20N2O2/c13-12(6-8-16-9-12)11(15)14-7-5-10-3-1-2-4-10/h3H,1-2,4-9,13H2,(H,14,15). The number of rotatable bonds is 4. The molecular weight excluding hydrogens is 204 g/mol. The SMILES string of the molecule is NC1(C(=O)NCCC2=CCCC2)CCOC1. The molecule has 2 rings (SSSR count). The van der Waals surface area contributed by atoms with Crippen molar-refractivity contribution < 1.29 is 9.53 Å². The van der Waals surface area contributed by atoms with Crippen molar-refractivity contribution in [3.8, 4) is 0 Å². The van der Waals surface area contributed by atoms with Crippen molar-refractivity contribution >= 4 is 5.91 Å². The number of nitrogens with two attached hydrogens (primary N) is 1. The Morgan fingerprint density at radius 2 is 2.50 bits per heavy atom. The molecule has 1 amide bonds. The zero-order valence-corrected chi connectivity index (χ0v) is 9.63. The Morgan fingerprint density at radius 3 is 3.12 bits per heavy atom. The fourth-order valence-corrected chi connectivity index (χ4v) is 2.24. The molecule has 0 aromatic heterocycles.